The summed E-state index contributed by atoms with van der Waals surface area (Å²) in [7, 11) is 0. The predicted molar refractivity (Wildman–Crippen MR) is 50.7 cm³/mol. The van der Waals surface area contributed by atoms with Crippen LogP contribution in [-0.4, -0.2) is 5.84 Å². The van der Waals surface area contributed by atoms with E-state index in [9.17, 15) is 0 Å². The van der Waals surface area contributed by atoms with Crippen LogP contribution in [0.5, 0.6) is 0 Å². The molecule has 0 spiro atoms. The zero-order valence-corrected chi connectivity index (χ0v) is 7.26. The van der Waals surface area contributed by atoms with E-state index in [-0.39, 0.29) is 5.84 Å². The quantitative estimate of drug-likeness (QED) is 0.515. The smallest absolute Gasteiger partial charge is 0.133 e. The lowest BCUT2D eigenvalue weighted by Gasteiger charge is -1.85. The van der Waals surface area contributed by atoms with Gasteiger partial charge < -0.3 is 5.73 Å². The van der Waals surface area contributed by atoms with Crippen molar-refractivity contribution in [3.63, 3.8) is 0 Å². The molecule has 0 saturated carbocycles. The Morgan fingerprint density at radius 2 is 2.27 bits per heavy atom. The molecule has 0 bridgehead atoms. The van der Waals surface area contributed by atoms with E-state index in [1.54, 1.807) is 22.7 Å². The first kappa shape index (κ1) is 6.82. The molecule has 0 aliphatic carbocycles. The lowest BCUT2D eigenvalue weighted by molar-refractivity contribution is 1.46. The molecule has 0 radical (unpaired) electrons. The van der Waals surface area contributed by atoms with E-state index in [4.69, 9.17) is 11.1 Å². The fraction of sp³-hybridized carbons (Fsp3) is 0. The Hall–Kier alpha value is -0.870. The molecule has 2 rings (SSSR count). The van der Waals surface area contributed by atoms with E-state index in [0.29, 0.717) is 0 Å². The summed E-state index contributed by atoms with van der Waals surface area (Å²) < 4.78 is 2.44. The summed E-state index contributed by atoms with van der Waals surface area (Å²) in [4.78, 5) is 0.867. The van der Waals surface area contributed by atoms with Gasteiger partial charge >= 0.3 is 0 Å². The number of amidine groups is 1. The molecular weight excluding hydrogens is 176 g/mol. The topological polar surface area (TPSA) is 49.9 Å². The summed E-state index contributed by atoms with van der Waals surface area (Å²) in [5.41, 5.74) is 5.34. The molecule has 2 aromatic heterocycles. The minimum atomic E-state index is 0.165. The van der Waals surface area contributed by atoms with Gasteiger partial charge in [0.15, 0.2) is 0 Å². The Morgan fingerprint density at radius 3 is 2.91 bits per heavy atom. The van der Waals surface area contributed by atoms with Crippen molar-refractivity contribution < 1.29 is 0 Å². The van der Waals surface area contributed by atoms with E-state index in [1.165, 1.54) is 9.40 Å². The van der Waals surface area contributed by atoms with Crippen molar-refractivity contribution >= 4 is 37.9 Å². The van der Waals surface area contributed by atoms with Gasteiger partial charge in [-0.2, -0.15) is 0 Å². The first-order valence-corrected chi connectivity index (χ1v) is 4.78. The second-order valence-electron chi connectivity index (χ2n) is 2.17. The van der Waals surface area contributed by atoms with Crippen LogP contribution < -0.4 is 5.73 Å². The van der Waals surface area contributed by atoms with Crippen molar-refractivity contribution in [2.45, 2.75) is 0 Å². The van der Waals surface area contributed by atoms with Crippen molar-refractivity contribution in [2.75, 3.05) is 0 Å². The highest BCUT2D eigenvalue weighted by molar-refractivity contribution is 7.27. The van der Waals surface area contributed by atoms with Crippen molar-refractivity contribution in [3.8, 4) is 0 Å². The Bertz CT molecular complexity index is 371. The summed E-state index contributed by atoms with van der Waals surface area (Å²) in [5, 5.41) is 9.25. The summed E-state index contributed by atoms with van der Waals surface area (Å²) in [6, 6.07) is 4.02. The minimum Gasteiger partial charge on any atom is -0.383 e. The van der Waals surface area contributed by atoms with Gasteiger partial charge in [0.1, 0.15) is 5.84 Å². The van der Waals surface area contributed by atoms with Crippen LogP contribution in [0.3, 0.4) is 0 Å². The molecule has 0 fully saturated rings. The van der Waals surface area contributed by atoms with Gasteiger partial charge in [0.25, 0.3) is 0 Å². The van der Waals surface area contributed by atoms with Gasteiger partial charge in [0.05, 0.1) is 4.88 Å². The highest BCUT2D eigenvalue weighted by Crippen LogP contribution is 2.29. The highest BCUT2D eigenvalue weighted by atomic mass is 32.1. The summed E-state index contributed by atoms with van der Waals surface area (Å²) in [6.45, 7) is 0. The fourth-order valence-electron chi connectivity index (χ4n) is 0.899. The van der Waals surface area contributed by atoms with Gasteiger partial charge in [-0.3, -0.25) is 5.41 Å². The van der Waals surface area contributed by atoms with Crippen molar-refractivity contribution in [3.05, 3.63) is 22.4 Å². The first-order valence-electron chi connectivity index (χ1n) is 3.09. The van der Waals surface area contributed by atoms with Gasteiger partial charge in [-0.25, -0.2) is 0 Å². The van der Waals surface area contributed by atoms with Gasteiger partial charge in [-0.15, -0.1) is 22.7 Å². The standard InChI is InChI=1S/C7H6N2S2/c8-7(9)6-3-5-4(11-6)1-2-10-5/h1-3H,(H3,8,9). The van der Waals surface area contributed by atoms with Gasteiger partial charge in [-0.1, -0.05) is 0 Å². The van der Waals surface area contributed by atoms with Gasteiger partial charge in [-0.05, 0) is 17.5 Å². The summed E-state index contributed by atoms with van der Waals surface area (Å²) in [5.74, 6) is 0.165. The Balaban J connectivity index is 2.67. The number of nitrogen functional groups attached to an aromatic ring is 1. The third kappa shape index (κ3) is 1.04. The number of nitrogens with one attached hydrogen (secondary N) is 1. The first-order chi connectivity index (χ1) is 5.27. The number of rotatable bonds is 1. The van der Waals surface area contributed by atoms with Crippen LogP contribution in [-0.2, 0) is 0 Å². The third-order valence-electron chi connectivity index (χ3n) is 1.40. The second kappa shape index (κ2) is 2.32. The number of fused-ring (bicyclic) bond motifs is 1. The van der Waals surface area contributed by atoms with Crippen LogP contribution in [0.2, 0.25) is 0 Å². The molecule has 0 amide bonds. The number of hydrogen-bond acceptors (Lipinski definition) is 3. The molecule has 2 aromatic rings. The van der Waals surface area contributed by atoms with Crippen LogP contribution in [0.25, 0.3) is 9.40 Å². The molecule has 0 unspecified atom stereocenters. The molecule has 2 nitrogen and oxygen atoms in total. The zero-order valence-electron chi connectivity index (χ0n) is 5.63. The van der Waals surface area contributed by atoms with Gasteiger partial charge in [0, 0.05) is 9.40 Å². The van der Waals surface area contributed by atoms with E-state index >= 15 is 0 Å². The molecule has 3 N–H and O–H groups in total. The predicted octanol–water partition coefficient (Wildman–Crippen LogP) is 2.25. The normalized spacial score (nSPS) is 10.5. The third-order valence-corrected chi connectivity index (χ3v) is 3.53. The molecule has 56 valence electrons. The largest absolute Gasteiger partial charge is 0.383 e. The maximum Gasteiger partial charge on any atom is 0.133 e. The molecular formula is C7H6N2S2. The maximum atomic E-state index is 7.20. The number of nitrogens with two attached hydrogens (primary N) is 1. The Kier molecular flexibility index (Phi) is 1.44. The number of hydrogen-bond donors (Lipinski definition) is 2. The van der Waals surface area contributed by atoms with Gasteiger partial charge in [0.2, 0.25) is 0 Å². The van der Waals surface area contributed by atoms with E-state index < -0.39 is 0 Å². The molecule has 4 heteroatoms. The average Bonchev–Trinajstić information content (AvgIpc) is 2.40. The van der Waals surface area contributed by atoms with Crippen LogP contribution in [0, 0.1) is 5.41 Å². The molecule has 2 heterocycles. The summed E-state index contributed by atoms with van der Waals surface area (Å²) in [6.07, 6.45) is 0. The monoisotopic (exact) mass is 182 g/mol. The Morgan fingerprint density at radius 1 is 1.45 bits per heavy atom. The van der Waals surface area contributed by atoms with E-state index in [1.807, 2.05) is 11.4 Å². The Labute approximate surface area is 71.8 Å². The molecule has 0 aliphatic heterocycles. The molecule has 0 aliphatic rings. The van der Waals surface area contributed by atoms with Crippen LogP contribution in [0.1, 0.15) is 4.88 Å². The lowest BCUT2D eigenvalue weighted by Crippen LogP contribution is -2.08. The average molecular weight is 182 g/mol. The van der Waals surface area contributed by atoms with Crippen molar-refractivity contribution in [1.82, 2.24) is 0 Å². The van der Waals surface area contributed by atoms with E-state index in [2.05, 4.69) is 6.07 Å². The molecule has 11 heavy (non-hydrogen) atoms. The van der Waals surface area contributed by atoms with E-state index in [0.717, 1.165) is 4.88 Å². The van der Waals surface area contributed by atoms with Crippen LogP contribution in [0.4, 0.5) is 0 Å². The second-order valence-corrected chi connectivity index (χ2v) is 4.20. The molecule has 0 saturated heterocycles. The summed E-state index contributed by atoms with van der Waals surface area (Å²) >= 11 is 3.26. The van der Waals surface area contributed by atoms with Crippen LogP contribution in [0.15, 0.2) is 17.5 Å². The molecule has 0 aromatic carbocycles. The number of thiophene rings is 2. The lowest BCUT2D eigenvalue weighted by atomic mass is 10.4. The van der Waals surface area contributed by atoms with Crippen LogP contribution >= 0.6 is 22.7 Å². The fourth-order valence-corrected chi connectivity index (χ4v) is 2.87. The maximum absolute atomic E-state index is 7.20. The highest BCUT2D eigenvalue weighted by Gasteiger charge is 2.03. The zero-order chi connectivity index (χ0) is 7.84. The molecule has 0 atom stereocenters. The van der Waals surface area contributed by atoms with Crippen molar-refractivity contribution in [2.24, 2.45) is 5.73 Å². The minimum absolute atomic E-state index is 0.165. The van der Waals surface area contributed by atoms with Crippen molar-refractivity contribution in [1.29, 1.82) is 5.41 Å². The SMILES string of the molecule is N=C(N)c1cc2sccc2s1.